The summed E-state index contributed by atoms with van der Waals surface area (Å²) in [6.45, 7) is 0.727. The van der Waals surface area contributed by atoms with Gasteiger partial charge in [0.2, 0.25) is 10.0 Å². The second-order valence-corrected chi connectivity index (χ2v) is 8.30. The van der Waals surface area contributed by atoms with Gasteiger partial charge in [0.05, 0.1) is 10.6 Å². The lowest BCUT2D eigenvalue weighted by molar-refractivity contribution is -0.137. The van der Waals surface area contributed by atoms with E-state index in [1.54, 1.807) is 18.2 Å². The number of fused-ring (bicyclic) bond motifs is 1. The Morgan fingerprint density at radius 1 is 1.07 bits per heavy atom. The molecule has 0 aromatic heterocycles. The summed E-state index contributed by atoms with van der Waals surface area (Å²) >= 11 is 5.86. The molecule has 10 heteroatoms. The monoisotopic (exact) mass is 421 g/mol. The smallest absolute Gasteiger partial charge is 0.416 e. The van der Waals surface area contributed by atoms with E-state index in [-0.39, 0.29) is 11.6 Å². The van der Waals surface area contributed by atoms with E-state index >= 15 is 0 Å². The molecule has 0 saturated heterocycles. The van der Waals surface area contributed by atoms with Crippen LogP contribution in [0.5, 0.6) is 11.5 Å². The Bertz CT molecular complexity index is 963. The molecule has 1 aliphatic rings. The number of nitrogens with zero attached hydrogens (tertiary/aromatic N) is 1. The minimum Gasteiger partial charge on any atom is -0.486 e. The molecule has 0 N–H and O–H groups in total. The fourth-order valence-corrected chi connectivity index (χ4v) is 4.23. The van der Waals surface area contributed by atoms with Crippen LogP contribution in [0.4, 0.5) is 13.2 Å². The molecule has 0 atom stereocenters. The first kappa shape index (κ1) is 19.8. The van der Waals surface area contributed by atoms with Gasteiger partial charge in [-0.25, -0.2) is 8.42 Å². The molecule has 5 nitrogen and oxygen atoms in total. The van der Waals surface area contributed by atoms with Crippen LogP contribution in [0, 0.1) is 0 Å². The molecule has 0 amide bonds. The highest BCUT2D eigenvalue weighted by Gasteiger charge is 2.33. The van der Waals surface area contributed by atoms with Gasteiger partial charge in [0.1, 0.15) is 18.1 Å². The standard InChI is InChI=1S/C17H15ClF3NO4S/c1-22(10-11-2-5-14-15(8-11)26-7-6-25-14)27(23,24)16-9-12(17(19,20)21)3-4-13(16)18/h2-5,8-9H,6-7,10H2,1H3. The third-order valence-corrected chi connectivity index (χ3v) is 6.24. The van der Waals surface area contributed by atoms with Gasteiger partial charge in [-0.2, -0.15) is 17.5 Å². The second kappa shape index (κ2) is 7.21. The largest absolute Gasteiger partial charge is 0.486 e. The van der Waals surface area contributed by atoms with E-state index in [0.29, 0.717) is 36.3 Å². The molecule has 0 aliphatic carbocycles. The predicted molar refractivity (Wildman–Crippen MR) is 92.5 cm³/mol. The minimum absolute atomic E-state index is 0.0778. The van der Waals surface area contributed by atoms with Crippen molar-refractivity contribution in [2.75, 3.05) is 20.3 Å². The Morgan fingerprint density at radius 3 is 2.41 bits per heavy atom. The van der Waals surface area contributed by atoms with Crippen molar-refractivity contribution >= 4 is 21.6 Å². The molecule has 146 valence electrons. The van der Waals surface area contributed by atoms with E-state index in [0.717, 1.165) is 16.4 Å². The summed E-state index contributed by atoms with van der Waals surface area (Å²) in [4.78, 5) is -0.598. The van der Waals surface area contributed by atoms with Crippen molar-refractivity contribution in [1.82, 2.24) is 4.31 Å². The number of sulfonamides is 1. The number of rotatable bonds is 4. The first-order valence-electron chi connectivity index (χ1n) is 7.80. The van der Waals surface area contributed by atoms with E-state index in [1.807, 2.05) is 0 Å². The Balaban J connectivity index is 1.89. The van der Waals surface area contributed by atoms with Crippen LogP contribution < -0.4 is 9.47 Å². The number of ether oxygens (including phenoxy) is 2. The first-order chi connectivity index (χ1) is 12.6. The quantitative estimate of drug-likeness (QED) is 0.750. The van der Waals surface area contributed by atoms with E-state index in [2.05, 4.69) is 0 Å². The third kappa shape index (κ3) is 4.15. The minimum atomic E-state index is -4.68. The molecule has 0 spiro atoms. The van der Waals surface area contributed by atoms with E-state index in [9.17, 15) is 21.6 Å². The molecule has 0 bridgehead atoms. The zero-order valence-electron chi connectivity index (χ0n) is 14.1. The van der Waals surface area contributed by atoms with E-state index in [4.69, 9.17) is 21.1 Å². The highest BCUT2D eigenvalue weighted by molar-refractivity contribution is 7.89. The van der Waals surface area contributed by atoms with Crippen LogP contribution in [0.15, 0.2) is 41.3 Å². The molecule has 1 aliphatic heterocycles. The van der Waals surface area contributed by atoms with Crippen molar-refractivity contribution in [1.29, 1.82) is 0 Å². The highest BCUT2D eigenvalue weighted by Crippen LogP contribution is 2.35. The molecule has 27 heavy (non-hydrogen) atoms. The third-order valence-electron chi connectivity index (χ3n) is 3.96. The number of hydrogen-bond acceptors (Lipinski definition) is 4. The van der Waals surface area contributed by atoms with Crippen LogP contribution in [0.1, 0.15) is 11.1 Å². The maximum Gasteiger partial charge on any atom is 0.416 e. The lowest BCUT2D eigenvalue weighted by Crippen LogP contribution is -2.27. The average molecular weight is 422 g/mol. The van der Waals surface area contributed by atoms with Crippen LogP contribution in [-0.2, 0) is 22.7 Å². The number of halogens is 4. The fourth-order valence-electron chi connectivity index (χ4n) is 2.57. The molecule has 0 unspecified atom stereocenters. The van der Waals surface area contributed by atoms with Gasteiger partial charge in [-0.3, -0.25) is 0 Å². The number of alkyl halides is 3. The normalized spacial score (nSPS) is 14.4. The Kier molecular flexibility index (Phi) is 5.29. The maximum atomic E-state index is 12.9. The SMILES string of the molecule is CN(Cc1ccc2c(c1)OCCO2)S(=O)(=O)c1cc(C(F)(F)F)ccc1Cl. The average Bonchev–Trinajstić information content (AvgIpc) is 2.60. The van der Waals surface area contributed by atoms with Gasteiger partial charge in [0, 0.05) is 13.6 Å². The Hall–Kier alpha value is -1.97. The van der Waals surface area contributed by atoms with Gasteiger partial charge in [-0.05, 0) is 35.9 Å². The van der Waals surface area contributed by atoms with Crippen molar-refractivity contribution in [2.45, 2.75) is 17.6 Å². The summed E-state index contributed by atoms with van der Waals surface area (Å²) in [7, 11) is -2.98. The van der Waals surface area contributed by atoms with Crippen LogP contribution in [0.25, 0.3) is 0 Å². The van der Waals surface area contributed by atoms with Crippen molar-refractivity contribution in [3.8, 4) is 11.5 Å². The van der Waals surface area contributed by atoms with Crippen molar-refractivity contribution < 1.29 is 31.1 Å². The second-order valence-electron chi connectivity index (χ2n) is 5.88. The molecule has 3 rings (SSSR count). The van der Waals surface area contributed by atoms with Gasteiger partial charge in [-0.15, -0.1) is 0 Å². The van der Waals surface area contributed by atoms with Gasteiger partial charge >= 0.3 is 6.18 Å². The van der Waals surface area contributed by atoms with Gasteiger partial charge in [0.25, 0.3) is 0 Å². The Labute approximate surface area is 159 Å². The zero-order valence-corrected chi connectivity index (χ0v) is 15.7. The summed E-state index contributed by atoms with van der Waals surface area (Å²) in [6.07, 6.45) is -4.68. The first-order valence-corrected chi connectivity index (χ1v) is 9.62. The van der Waals surface area contributed by atoms with E-state index < -0.39 is 26.7 Å². The van der Waals surface area contributed by atoms with Crippen LogP contribution in [0.3, 0.4) is 0 Å². The predicted octanol–water partition coefficient (Wildman–Crippen LogP) is 3.95. The van der Waals surface area contributed by atoms with Crippen molar-refractivity contribution in [3.05, 3.63) is 52.5 Å². The molecular formula is C17H15ClF3NO4S. The zero-order chi connectivity index (χ0) is 19.8. The van der Waals surface area contributed by atoms with Gasteiger partial charge < -0.3 is 9.47 Å². The number of benzene rings is 2. The van der Waals surface area contributed by atoms with Crippen LogP contribution >= 0.6 is 11.6 Å². The molecule has 2 aromatic carbocycles. The topological polar surface area (TPSA) is 55.8 Å². The lowest BCUT2D eigenvalue weighted by Gasteiger charge is -2.21. The maximum absolute atomic E-state index is 12.9. The van der Waals surface area contributed by atoms with Gasteiger partial charge in [0.15, 0.2) is 11.5 Å². The highest BCUT2D eigenvalue weighted by atomic mass is 35.5. The lowest BCUT2D eigenvalue weighted by atomic mass is 10.2. The molecule has 2 aromatic rings. The summed E-state index contributed by atoms with van der Waals surface area (Å²) in [5.41, 5.74) is -0.494. The Morgan fingerprint density at radius 2 is 1.74 bits per heavy atom. The molecular weight excluding hydrogens is 407 g/mol. The summed E-state index contributed by atoms with van der Waals surface area (Å²) < 4.78 is 76.0. The fraction of sp³-hybridized carbons (Fsp3) is 0.294. The molecule has 0 saturated carbocycles. The number of hydrogen-bond donors (Lipinski definition) is 0. The van der Waals surface area contributed by atoms with Crippen LogP contribution in [-0.4, -0.2) is 33.0 Å². The summed E-state index contributed by atoms with van der Waals surface area (Å²) in [5, 5.41) is -0.281. The molecule has 0 radical (unpaired) electrons. The van der Waals surface area contributed by atoms with Crippen molar-refractivity contribution in [2.24, 2.45) is 0 Å². The molecule has 0 fully saturated rings. The van der Waals surface area contributed by atoms with Crippen molar-refractivity contribution in [3.63, 3.8) is 0 Å². The molecule has 1 heterocycles. The van der Waals surface area contributed by atoms with Gasteiger partial charge in [-0.1, -0.05) is 17.7 Å². The van der Waals surface area contributed by atoms with Crippen LogP contribution in [0.2, 0.25) is 5.02 Å². The summed E-state index contributed by atoms with van der Waals surface area (Å²) in [6, 6.07) is 7.15. The van der Waals surface area contributed by atoms with E-state index in [1.165, 1.54) is 7.05 Å². The summed E-state index contributed by atoms with van der Waals surface area (Å²) in [5.74, 6) is 1.04.